The van der Waals surface area contributed by atoms with Crippen LogP contribution in [0.25, 0.3) is 0 Å². The molecule has 0 aliphatic carbocycles. The predicted molar refractivity (Wildman–Crippen MR) is 64.1 cm³/mol. The summed E-state index contributed by atoms with van der Waals surface area (Å²) in [6.45, 7) is 8.42. The van der Waals surface area contributed by atoms with Gasteiger partial charge in [0.05, 0.1) is 0 Å². The maximum absolute atomic E-state index is 4.24. The molecule has 1 radical (unpaired) electrons. The van der Waals surface area contributed by atoms with E-state index < -0.39 is 0 Å². The Hall–Kier alpha value is -1.09. The SMILES string of the molecule is CN(CCNC(C)(C)C)c1cc[c]cn1. The van der Waals surface area contributed by atoms with E-state index >= 15 is 0 Å². The Morgan fingerprint density at radius 1 is 1.47 bits per heavy atom. The number of hydrogen-bond donors (Lipinski definition) is 1. The van der Waals surface area contributed by atoms with E-state index in [-0.39, 0.29) is 5.54 Å². The van der Waals surface area contributed by atoms with Crippen LogP contribution in [0.5, 0.6) is 0 Å². The molecule has 15 heavy (non-hydrogen) atoms. The summed E-state index contributed by atoms with van der Waals surface area (Å²) in [6.07, 6.45) is 1.70. The lowest BCUT2D eigenvalue weighted by molar-refractivity contribution is 0.430. The van der Waals surface area contributed by atoms with Crippen molar-refractivity contribution in [2.45, 2.75) is 26.3 Å². The van der Waals surface area contributed by atoms with E-state index in [1.54, 1.807) is 6.20 Å². The highest BCUT2D eigenvalue weighted by Crippen LogP contribution is 2.05. The molecule has 3 nitrogen and oxygen atoms in total. The second-order valence-corrected chi connectivity index (χ2v) is 4.71. The van der Waals surface area contributed by atoms with Gasteiger partial charge in [0, 0.05) is 37.9 Å². The third kappa shape index (κ3) is 4.79. The molecule has 0 bridgehead atoms. The van der Waals surface area contributed by atoms with Gasteiger partial charge in [0.15, 0.2) is 0 Å². The van der Waals surface area contributed by atoms with Crippen molar-refractivity contribution in [1.29, 1.82) is 0 Å². The van der Waals surface area contributed by atoms with Gasteiger partial charge in [-0.2, -0.15) is 0 Å². The van der Waals surface area contributed by atoms with Gasteiger partial charge in [-0.05, 0) is 32.9 Å². The Morgan fingerprint density at radius 2 is 2.20 bits per heavy atom. The number of anilines is 1. The molecule has 0 unspecified atom stereocenters. The summed E-state index contributed by atoms with van der Waals surface area (Å²) >= 11 is 0. The summed E-state index contributed by atoms with van der Waals surface area (Å²) in [6, 6.07) is 6.77. The largest absolute Gasteiger partial charge is 0.358 e. The lowest BCUT2D eigenvalue weighted by Crippen LogP contribution is -2.40. The molecule has 1 aromatic heterocycles. The first kappa shape index (κ1) is 12.0. The van der Waals surface area contributed by atoms with Crippen LogP contribution in [-0.4, -0.2) is 30.7 Å². The zero-order valence-electron chi connectivity index (χ0n) is 10.0. The Morgan fingerprint density at radius 3 is 2.73 bits per heavy atom. The monoisotopic (exact) mass is 206 g/mol. The van der Waals surface area contributed by atoms with Crippen LogP contribution in [0.2, 0.25) is 0 Å². The van der Waals surface area contributed by atoms with E-state index in [9.17, 15) is 0 Å². The molecule has 0 fully saturated rings. The fourth-order valence-electron chi connectivity index (χ4n) is 1.25. The Labute approximate surface area is 92.5 Å². The Balaban J connectivity index is 2.34. The van der Waals surface area contributed by atoms with Crippen LogP contribution in [0.15, 0.2) is 18.3 Å². The van der Waals surface area contributed by atoms with Crippen molar-refractivity contribution in [2.75, 3.05) is 25.0 Å². The fourth-order valence-corrected chi connectivity index (χ4v) is 1.25. The molecule has 1 rings (SSSR count). The number of likely N-dealkylation sites (N-methyl/N-ethyl adjacent to an activating group) is 1. The van der Waals surface area contributed by atoms with Gasteiger partial charge in [-0.1, -0.05) is 0 Å². The molecule has 3 heteroatoms. The molecular formula is C12H20N3. The van der Waals surface area contributed by atoms with E-state index in [0.717, 1.165) is 18.9 Å². The number of hydrogen-bond acceptors (Lipinski definition) is 3. The van der Waals surface area contributed by atoms with Gasteiger partial charge in [-0.25, -0.2) is 4.98 Å². The van der Waals surface area contributed by atoms with Gasteiger partial charge in [0.1, 0.15) is 5.82 Å². The summed E-state index contributed by atoms with van der Waals surface area (Å²) in [4.78, 5) is 6.37. The molecule has 0 spiro atoms. The molecule has 0 aliphatic heterocycles. The van der Waals surface area contributed by atoms with Crippen molar-refractivity contribution in [3.63, 3.8) is 0 Å². The number of nitrogens with zero attached hydrogens (tertiary/aromatic N) is 2. The molecule has 1 N–H and O–H groups in total. The van der Waals surface area contributed by atoms with E-state index in [0.29, 0.717) is 0 Å². The number of aromatic nitrogens is 1. The maximum atomic E-state index is 4.24. The summed E-state index contributed by atoms with van der Waals surface area (Å²) in [7, 11) is 2.05. The minimum Gasteiger partial charge on any atom is -0.358 e. The number of pyridine rings is 1. The standard InChI is InChI=1S/C12H20N3/c1-12(2,3)14-9-10-15(4)11-7-5-6-8-13-11/h5,7-8,14H,9-10H2,1-4H3. The first-order valence-electron chi connectivity index (χ1n) is 5.27. The molecule has 0 amide bonds. The van der Waals surface area contributed by atoms with Crippen molar-refractivity contribution in [3.8, 4) is 0 Å². The van der Waals surface area contributed by atoms with Crippen molar-refractivity contribution in [2.24, 2.45) is 0 Å². The van der Waals surface area contributed by atoms with Gasteiger partial charge in [-0.15, -0.1) is 0 Å². The Kier molecular flexibility index (Phi) is 4.09. The lowest BCUT2D eigenvalue weighted by atomic mass is 10.1. The molecule has 1 heterocycles. The normalized spacial score (nSPS) is 11.5. The van der Waals surface area contributed by atoms with E-state index in [1.165, 1.54) is 0 Å². The third-order valence-electron chi connectivity index (χ3n) is 2.09. The average Bonchev–Trinajstić information content (AvgIpc) is 2.17. The predicted octanol–water partition coefficient (Wildman–Crippen LogP) is 1.71. The van der Waals surface area contributed by atoms with Gasteiger partial charge in [-0.3, -0.25) is 0 Å². The minimum atomic E-state index is 0.179. The van der Waals surface area contributed by atoms with Crippen molar-refractivity contribution in [1.82, 2.24) is 10.3 Å². The molecule has 0 atom stereocenters. The van der Waals surface area contributed by atoms with E-state index in [2.05, 4.69) is 42.0 Å². The number of rotatable bonds is 4. The van der Waals surface area contributed by atoms with Gasteiger partial charge >= 0.3 is 0 Å². The van der Waals surface area contributed by atoms with Crippen LogP contribution in [-0.2, 0) is 0 Å². The fraction of sp³-hybridized carbons (Fsp3) is 0.583. The second kappa shape index (κ2) is 5.12. The topological polar surface area (TPSA) is 28.2 Å². The molecule has 0 saturated carbocycles. The summed E-state index contributed by atoms with van der Waals surface area (Å²) in [5.74, 6) is 0.990. The van der Waals surface area contributed by atoms with Gasteiger partial charge < -0.3 is 10.2 Å². The quantitative estimate of drug-likeness (QED) is 0.813. The lowest BCUT2D eigenvalue weighted by Gasteiger charge is -2.24. The van der Waals surface area contributed by atoms with Crippen molar-refractivity contribution < 1.29 is 0 Å². The van der Waals surface area contributed by atoms with E-state index in [1.807, 2.05) is 19.2 Å². The van der Waals surface area contributed by atoms with Gasteiger partial charge in [0.25, 0.3) is 0 Å². The zero-order chi connectivity index (χ0) is 11.3. The smallest absolute Gasteiger partial charge is 0.128 e. The van der Waals surface area contributed by atoms with Crippen molar-refractivity contribution in [3.05, 3.63) is 24.4 Å². The summed E-state index contributed by atoms with van der Waals surface area (Å²) in [5.41, 5.74) is 0.179. The molecule has 0 aromatic carbocycles. The third-order valence-corrected chi connectivity index (χ3v) is 2.09. The van der Waals surface area contributed by atoms with Crippen LogP contribution < -0.4 is 10.2 Å². The highest BCUT2D eigenvalue weighted by atomic mass is 15.2. The first-order valence-corrected chi connectivity index (χ1v) is 5.27. The molecule has 0 aliphatic rings. The highest BCUT2D eigenvalue weighted by molar-refractivity contribution is 5.35. The molecule has 83 valence electrons. The van der Waals surface area contributed by atoms with E-state index in [4.69, 9.17) is 0 Å². The molecule has 0 saturated heterocycles. The average molecular weight is 206 g/mol. The second-order valence-electron chi connectivity index (χ2n) is 4.71. The Bertz CT molecular complexity index is 277. The highest BCUT2D eigenvalue weighted by Gasteiger charge is 2.08. The number of nitrogens with one attached hydrogen (secondary N) is 1. The summed E-state index contributed by atoms with van der Waals surface area (Å²) in [5, 5.41) is 3.45. The van der Waals surface area contributed by atoms with Crippen LogP contribution in [0, 0.1) is 6.07 Å². The molecule has 1 aromatic rings. The van der Waals surface area contributed by atoms with Crippen LogP contribution in [0.4, 0.5) is 5.82 Å². The summed E-state index contributed by atoms with van der Waals surface area (Å²) < 4.78 is 0. The van der Waals surface area contributed by atoms with Crippen molar-refractivity contribution >= 4 is 5.82 Å². The molecular weight excluding hydrogens is 186 g/mol. The minimum absolute atomic E-state index is 0.179. The van der Waals surface area contributed by atoms with Crippen LogP contribution in [0.1, 0.15) is 20.8 Å². The van der Waals surface area contributed by atoms with Crippen LogP contribution >= 0.6 is 0 Å². The first-order chi connectivity index (χ1) is 6.99. The van der Waals surface area contributed by atoms with Gasteiger partial charge in [0.2, 0.25) is 0 Å². The zero-order valence-corrected chi connectivity index (χ0v) is 10.0. The van der Waals surface area contributed by atoms with Crippen LogP contribution in [0.3, 0.4) is 0 Å². The maximum Gasteiger partial charge on any atom is 0.128 e.